The molecule has 0 N–H and O–H groups in total. The normalized spacial score (nSPS) is 15.8. The van der Waals surface area contributed by atoms with Crippen molar-refractivity contribution in [1.82, 2.24) is 4.90 Å². The van der Waals surface area contributed by atoms with Crippen molar-refractivity contribution in [2.45, 2.75) is 11.8 Å². The molecule has 0 saturated carbocycles. The van der Waals surface area contributed by atoms with Gasteiger partial charge in [0.2, 0.25) is 5.91 Å². The summed E-state index contributed by atoms with van der Waals surface area (Å²) in [6.07, 6.45) is 0. The smallest absolute Gasteiger partial charge is 0.238 e. The molecule has 1 aliphatic heterocycles. The molecule has 1 heterocycles. The van der Waals surface area contributed by atoms with Crippen LogP contribution >= 0.6 is 0 Å². The Kier molecular flexibility index (Phi) is 4.74. The van der Waals surface area contributed by atoms with Crippen LogP contribution in [0.15, 0.2) is 29.2 Å². The molecule has 0 atom stereocenters. The second kappa shape index (κ2) is 6.36. The highest BCUT2D eigenvalue weighted by Gasteiger charge is 2.24. The summed E-state index contributed by atoms with van der Waals surface area (Å²) in [5, 5.41) is 0. The quantitative estimate of drug-likeness (QED) is 0.757. The Morgan fingerprint density at radius 1 is 1.14 bits per heavy atom. The molecular weight excluding hydrogens is 294 g/mol. The molecule has 0 aliphatic carbocycles. The number of hydrogen-bond donors (Lipinski definition) is 0. The average Bonchev–Trinajstić information content (AvgIpc) is 2.48. The van der Waals surface area contributed by atoms with Gasteiger partial charge in [-0.05, 0) is 19.1 Å². The Bertz CT molecular complexity index is 630. The molecule has 21 heavy (non-hydrogen) atoms. The lowest BCUT2D eigenvalue weighted by Gasteiger charge is -2.26. The number of Topliss-reactive ketones (excluding diaryl/α,β-unsaturated/α-hetero) is 1. The molecule has 0 bridgehead atoms. The molecule has 114 valence electrons. The third-order valence-electron chi connectivity index (χ3n) is 3.30. The van der Waals surface area contributed by atoms with Gasteiger partial charge in [-0.25, -0.2) is 8.42 Å². The van der Waals surface area contributed by atoms with E-state index >= 15 is 0 Å². The Labute approximate surface area is 123 Å². The number of ether oxygens (including phenoxy) is 1. The van der Waals surface area contributed by atoms with Crippen LogP contribution in [-0.2, 0) is 19.4 Å². The van der Waals surface area contributed by atoms with E-state index in [1.54, 1.807) is 0 Å². The maximum atomic E-state index is 12.2. The molecule has 6 nitrogen and oxygen atoms in total. The highest BCUT2D eigenvalue weighted by atomic mass is 32.2. The van der Waals surface area contributed by atoms with Crippen molar-refractivity contribution >= 4 is 21.5 Å². The maximum absolute atomic E-state index is 12.2. The predicted molar refractivity (Wildman–Crippen MR) is 75.9 cm³/mol. The fourth-order valence-electron chi connectivity index (χ4n) is 2.05. The molecule has 1 aliphatic rings. The first-order valence-corrected chi connectivity index (χ1v) is 8.24. The van der Waals surface area contributed by atoms with Crippen molar-refractivity contribution < 1.29 is 22.7 Å². The van der Waals surface area contributed by atoms with Gasteiger partial charge in [0.15, 0.2) is 15.6 Å². The summed E-state index contributed by atoms with van der Waals surface area (Å²) < 4.78 is 29.5. The SMILES string of the molecule is CC(=O)c1ccc(S(=O)(=O)CC(=O)N2CCOCC2)cc1. The topological polar surface area (TPSA) is 80.8 Å². The fourth-order valence-corrected chi connectivity index (χ4v) is 3.27. The fraction of sp³-hybridized carbons (Fsp3) is 0.429. The van der Waals surface area contributed by atoms with Gasteiger partial charge < -0.3 is 9.64 Å². The van der Waals surface area contributed by atoms with Crippen molar-refractivity contribution in [2.24, 2.45) is 0 Å². The number of amides is 1. The second-order valence-electron chi connectivity index (χ2n) is 4.83. The van der Waals surface area contributed by atoms with Crippen LogP contribution in [-0.4, -0.2) is 57.1 Å². The number of morpholine rings is 1. The van der Waals surface area contributed by atoms with Crippen molar-refractivity contribution in [3.63, 3.8) is 0 Å². The molecule has 0 aromatic heterocycles. The van der Waals surface area contributed by atoms with Crippen molar-refractivity contribution in [3.05, 3.63) is 29.8 Å². The number of benzene rings is 1. The van der Waals surface area contributed by atoms with Gasteiger partial charge in [-0.15, -0.1) is 0 Å². The maximum Gasteiger partial charge on any atom is 0.238 e. The van der Waals surface area contributed by atoms with E-state index in [-0.39, 0.29) is 10.7 Å². The highest BCUT2D eigenvalue weighted by molar-refractivity contribution is 7.92. The van der Waals surface area contributed by atoms with Gasteiger partial charge in [0.05, 0.1) is 18.1 Å². The highest BCUT2D eigenvalue weighted by Crippen LogP contribution is 2.14. The van der Waals surface area contributed by atoms with Crippen molar-refractivity contribution in [3.8, 4) is 0 Å². The summed E-state index contributed by atoms with van der Waals surface area (Å²) >= 11 is 0. The van der Waals surface area contributed by atoms with Gasteiger partial charge in [0.25, 0.3) is 0 Å². The van der Waals surface area contributed by atoms with Crippen LogP contribution in [0.3, 0.4) is 0 Å². The zero-order valence-electron chi connectivity index (χ0n) is 11.7. The Hall–Kier alpha value is -1.73. The lowest BCUT2D eigenvalue weighted by atomic mass is 10.2. The summed E-state index contributed by atoms with van der Waals surface area (Å²) in [4.78, 5) is 24.7. The van der Waals surface area contributed by atoms with E-state index in [4.69, 9.17) is 4.74 Å². The van der Waals surface area contributed by atoms with Crippen LogP contribution in [0.1, 0.15) is 17.3 Å². The van der Waals surface area contributed by atoms with Gasteiger partial charge in [-0.3, -0.25) is 9.59 Å². The van der Waals surface area contributed by atoms with Gasteiger partial charge in [-0.1, -0.05) is 12.1 Å². The third-order valence-corrected chi connectivity index (χ3v) is 4.91. The standard InChI is InChI=1S/C14H17NO5S/c1-11(16)12-2-4-13(5-3-12)21(18,19)10-14(17)15-6-8-20-9-7-15/h2-5H,6-10H2,1H3. The minimum Gasteiger partial charge on any atom is -0.378 e. The zero-order chi connectivity index (χ0) is 15.5. The number of carbonyl (C=O) groups is 2. The second-order valence-corrected chi connectivity index (χ2v) is 6.82. The van der Waals surface area contributed by atoms with E-state index in [2.05, 4.69) is 0 Å². The Morgan fingerprint density at radius 2 is 1.71 bits per heavy atom. The molecule has 1 fully saturated rings. The first kappa shape index (κ1) is 15.7. The van der Waals surface area contributed by atoms with Gasteiger partial charge in [-0.2, -0.15) is 0 Å². The lowest BCUT2D eigenvalue weighted by Crippen LogP contribution is -2.43. The van der Waals surface area contributed by atoms with E-state index in [1.807, 2.05) is 0 Å². The Balaban J connectivity index is 2.10. The number of ketones is 1. The van der Waals surface area contributed by atoms with Crippen LogP contribution in [0.25, 0.3) is 0 Å². The summed E-state index contributed by atoms with van der Waals surface area (Å²) in [6, 6.07) is 5.63. The number of sulfone groups is 1. The minimum atomic E-state index is -3.69. The molecule has 1 aromatic carbocycles. The average molecular weight is 311 g/mol. The van der Waals surface area contributed by atoms with E-state index in [1.165, 1.54) is 36.1 Å². The monoisotopic (exact) mass is 311 g/mol. The Morgan fingerprint density at radius 3 is 2.24 bits per heavy atom. The summed E-state index contributed by atoms with van der Waals surface area (Å²) in [5.74, 6) is -1.12. The van der Waals surface area contributed by atoms with E-state index < -0.39 is 21.5 Å². The minimum absolute atomic E-state index is 0.0501. The van der Waals surface area contributed by atoms with E-state index in [0.29, 0.717) is 31.9 Å². The van der Waals surface area contributed by atoms with Gasteiger partial charge in [0, 0.05) is 18.7 Å². The summed E-state index contributed by atoms with van der Waals surface area (Å²) in [7, 11) is -3.69. The van der Waals surface area contributed by atoms with E-state index in [0.717, 1.165) is 0 Å². The number of carbonyl (C=O) groups excluding carboxylic acids is 2. The van der Waals surface area contributed by atoms with Crippen LogP contribution in [0.5, 0.6) is 0 Å². The first-order chi connectivity index (χ1) is 9.90. The van der Waals surface area contributed by atoms with Crippen LogP contribution in [0.2, 0.25) is 0 Å². The summed E-state index contributed by atoms with van der Waals surface area (Å²) in [6.45, 7) is 3.10. The van der Waals surface area contributed by atoms with Gasteiger partial charge >= 0.3 is 0 Å². The molecule has 1 aromatic rings. The molecular formula is C14H17NO5S. The molecule has 0 unspecified atom stereocenters. The number of rotatable bonds is 4. The van der Waals surface area contributed by atoms with Gasteiger partial charge in [0.1, 0.15) is 5.75 Å². The molecule has 0 spiro atoms. The number of hydrogen-bond acceptors (Lipinski definition) is 5. The van der Waals surface area contributed by atoms with Crippen LogP contribution in [0, 0.1) is 0 Å². The first-order valence-electron chi connectivity index (χ1n) is 6.59. The largest absolute Gasteiger partial charge is 0.378 e. The van der Waals surface area contributed by atoms with E-state index in [9.17, 15) is 18.0 Å². The third kappa shape index (κ3) is 3.89. The number of nitrogens with zero attached hydrogens (tertiary/aromatic N) is 1. The molecule has 1 saturated heterocycles. The molecule has 2 rings (SSSR count). The lowest BCUT2D eigenvalue weighted by molar-refractivity contribution is -0.132. The molecule has 7 heteroatoms. The van der Waals surface area contributed by atoms with Crippen LogP contribution < -0.4 is 0 Å². The van der Waals surface area contributed by atoms with Crippen LogP contribution in [0.4, 0.5) is 0 Å². The zero-order valence-corrected chi connectivity index (χ0v) is 12.6. The summed E-state index contributed by atoms with van der Waals surface area (Å²) in [5.41, 5.74) is 0.438. The molecule has 0 radical (unpaired) electrons. The predicted octanol–water partition coefficient (Wildman–Crippen LogP) is 0.522. The van der Waals surface area contributed by atoms with Crippen molar-refractivity contribution in [1.29, 1.82) is 0 Å². The van der Waals surface area contributed by atoms with Crippen molar-refractivity contribution in [2.75, 3.05) is 32.1 Å². The molecule has 1 amide bonds.